The highest BCUT2D eigenvalue weighted by molar-refractivity contribution is 7.89. The van der Waals surface area contributed by atoms with Crippen LogP contribution in [0.4, 0.5) is 5.69 Å². The van der Waals surface area contributed by atoms with E-state index >= 15 is 0 Å². The van der Waals surface area contributed by atoms with Gasteiger partial charge in [-0.15, -0.1) is 0 Å². The molecule has 156 valence electrons. The summed E-state index contributed by atoms with van der Waals surface area (Å²) in [6.07, 6.45) is 1.16. The van der Waals surface area contributed by atoms with E-state index in [0.29, 0.717) is 41.5 Å². The molecule has 0 bridgehead atoms. The lowest BCUT2D eigenvalue weighted by Gasteiger charge is -2.20. The lowest BCUT2D eigenvalue weighted by molar-refractivity contribution is -0.117. The van der Waals surface area contributed by atoms with Crippen LogP contribution in [0.5, 0.6) is 17.2 Å². The van der Waals surface area contributed by atoms with E-state index in [0.717, 1.165) is 6.42 Å². The summed E-state index contributed by atoms with van der Waals surface area (Å²) in [4.78, 5) is 13.7. The summed E-state index contributed by atoms with van der Waals surface area (Å²) in [5.41, 5.74) is 1.04. The molecule has 0 aliphatic carbocycles. The molecule has 1 amide bonds. The van der Waals surface area contributed by atoms with Crippen molar-refractivity contribution in [3.8, 4) is 17.2 Å². The molecule has 2 aromatic rings. The molecule has 1 N–H and O–H groups in total. The van der Waals surface area contributed by atoms with Crippen LogP contribution < -0.4 is 23.8 Å². The average Bonchev–Trinajstić information content (AvgIpc) is 3.17. The highest BCUT2D eigenvalue weighted by atomic mass is 32.2. The summed E-state index contributed by atoms with van der Waals surface area (Å²) in [5.74, 6) is 1.44. The number of hydrogen-bond donors (Lipinski definition) is 1. The SMILES string of the molecule is COc1ccc(S(=O)(=O)NCc2c(OC)cccc2OC)cc1N1CCCC1=O. The van der Waals surface area contributed by atoms with Gasteiger partial charge in [0.2, 0.25) is 15.9 Å². The highest BCUT2D eigenvalue weighted by Gasteiger charge is 2.27. The third kappa shape index (κ3) is 4.30. The van der Waals surface area contributed by atoms with Crippen molar-refractivity contribution in [1.82, 2.24) is 4.72 Å². The molecular formula is C20H24N2O6S. The molecule has 1 aliphatic heterocycles. The molecule has 0 unspecified atom stereocenters. The molecular weight excluding hydrogens is 396 g/mol. The number of carbonyl (C=O) groups excluding carboxylic acids is 1. The van der Waals surface area contributed by atoms with Gasteiger partial charge in [-0.25, -0.2) is 13.1 Å². The van der Waals surface area contributed by atoms with Gasteiger partial charge < -0.3 is 19.1 Å². The number of methoxy groups -OCH3 is 3. The van der Waals surface area contributed by atoms with Crippen LogP contribution in [-0.2, 0) is 21.4 Å². The molecule has 2 aromatic carbocycles. The van der Waals surface area contributed by atoms with E-state index < -0.39 is 10.0 Å². The van der Waals surface area contributed by atoms with Crippen LogP contribution in [0.1, 0.15) is 18.4 Å². The molecule has 1 saturated heterocycles. The quantitative estimate of drug-likeness (QED) is 0.704. The average molecular weight is 420 g/mol. The fourth-order valence-electron chi connectivity index (χ4n) is 3.30. The Morgan fingerprint density at radius 1 is 1.00 bits per heavy atom. The fraction of sp³-hybridized carbons (Fsp3) is 0.350. The molecule has 0 atom stereocenters. The van der Waals surface area contributed by atoms with Gasteiger partial charge in [0.05, 0.1) is 37.5 Å². The van der Waals surface area contributed by atoms with E-state index in [1.807, 2.05) is 0 Å². The van der Waals surface area contributed by atoms with Gasteiger partial charge in [0.25, 0.3) is 0 Å². The van der Waals surface area contributed by atoms with Crippen LogP contribution in [0, 0.1) is 0 Å². The summed E-state index contributed by atoms with van der Waals surface area (Å²) in [7, 11) is 0.647. The monoisotopic (exact) mass is 420 g/mol. The van der Waals surface area contributed by atoms with Gasteiger partial charge in [-0.2, -0.15) is 0 Å². The molecule has 0 radical (unpaired) electrons. The van der Waals surface area contributed by atoms with Crippen molar-refractivity contribution < 1.29 is 27.4 Å². The normalized spacial score (nSPS) is 14.2. The molecule has 29 heavy (non-hydrogen) atoms. The lowest BCUT2D eigenvalue weighted by Crippen LogP contribution is -2.26. The summed E-state index contributed by atoms with van der Waals surface area (Å²) < 4.78 is 44.4. The third-order valence-electron chi connectivity index (χ3n) is 4.79. The second-order valence-corrected chi connectivity index (χ2v) is 8.22. The van der Waals surface area contributed by atoms with Crippen LogP contribution in [0.3, 0.4) is 0 Å². The van der Waals surface area contributed by atoms with Crippen LogP contribution in [0.25, 0.3) is 0 Å². The number of carbonyl (C=O) groups is 1. The summed E-state index contributed by atoms with van der Waals surface area (Å²) in [6, 6.07) is 9.69. The van der Waals surface area contributed by atoms with Crippen molar-refractivity contribution in [2.75, 3.05) is 32.8 Å². The number of benzene rings is 2. The first-order chi connectivity index (χ1) is 13.9. The number of nitrogens with zero attached hydrogens (tertiary/aromatic N) is 1. The molecule has 1 heterocycles. The molecule has 9 heteroatoms. The maximum atomic E-state index is 12.9. The van der Waals surface area contributed by atoms with Crippen LogP contribution >= 0.6 is 0 Å². The largest absolute Gasteiger partial charge is 0.496 e. The molecule has 1 fully saturated rings. The Morgan fingerprint density at radius 3 is 2.21 bits per heavy atom. The number of anilines is 1. The number of rotatable bonds is 8. The molecule has 0 saturated carbocycles. The predicted molar refractivity (Wildman–Crippen MR) is 108 cm³/mol. The van der Waals surface area contributed by atoms with Crippen LogP contribution in [-0.4, -0.2) is 42.2 Å². The van der Waals surface area contributed by atoms with Gasteiger partial charge in [-0.05, 0) is 36.8 Å². The Balaban J connectivity index is 1.90. The minimum atomic E-state index is -3.86. The second-order valence-electron chi connectivity index (χ2n) is 6.45. The Hall–Kier alpha value is -2.78. The lowest BCUT2D eigenvalue weighted by atomic mass is 10.2. The summed E-state index contributed by atoms with van der Waals surface area (Å²) in [5, 5.41) is 0. The smallest absolute Gasteiger partial charge is 0.240 e. The van der Waals surface area contributed by atoms with Gasteiger partial charge in [0.15, 0.2) is 0 Å². The number of nitrogens with one attached hydrogen (secondary N) is 1. The molecule has 0 aromatic heterocycles. The molecule has 8 nitrogen and oxygen atoms in total. The van der Waals surface area contributed by atoms with E-state index in [4.69, 9.17) is 14.2 Å². The third-order valence-corrected chi connectivity index (χ3v) is 6.19. The van der Waals surface area contributed by atoms with E-state index in [-0.39, 0.29) is 17.3 Å². The van der Waals surface area contributed by atoms with E-state index in [1.165, 1.54) is 33.5 Å². The summed E-state index contributed by atoms with van der Waals surface area (Å²) >= 11 is 0. The van der Waals surface area contributed by atoms with Gasteiger partial charge in [-0.1, -0.05) is 6.07 Å². The number of sulfonamides is 1. The van der Waals surface area contributed by atoms with E-state index in [9.17, 15) is 13.2 Å². The van der Waals surface area contributed by atoms with Crippen molar-refractivity contribution in [2.24, 2.45) is 0 Å². The Labute approximate surface area is 170 Å². The van der Waals surface area contributed by atoms with Crippen LogP contribution in [0.15, 0.2) is 41.3 Å². The number of amides is 1. The van der Waals surface area contributed by atoms with Crippen LogP contribution in [0.2, 0.25) is 0 Å². The second kappa shape index (κ2) is 8.71. The van der Waals surface area contributed by atoms with Crippen molar-refractivity contribution in [3.05, 3.63) is 42.0 Å². The Morgan fingerprint density at radius 2 is 1.66 bits per heavy atom. The zero-order valence-corrected chi connectivity index (χ0v) is 17.4. The first kappa shape index (κ1) is 20.9. The standard InChI is InChI=1S/C20H24N2O6S/c1-26-17-6-4-7-18(27-2)15(17)13-21-29(24,25)14-9-10-19(28-3)16(12-14)22-11-5-8-20(22)23/h4,6-7,9-10,12,21H,5,8,11,13H2,1-3H3. The fourth-order valence-corrected chi connectivity index (χ4v) is 4.32. The van der Waals surface area contributed by atoms with Gasteiger partial charge in [0.1, 0.15) is 17.2 Å². The van der Waals surface area contributed by atoms with E-state index in [1.54, 1.807) is 29.2 Å². The molecule has 0 spiro atoms. The maximum Gasteiger partial charge on any atom is 0.240 e. The molecule has 3 rings (SSSR count). The minimum absolute atomic E-state index is 0.0144. The van der Waals surface area contributed by atoms with Gasteiger partial charge in [-0.3, -0.25) is 4.79 Å². The topological polar surface area (TPSA) is 94.2 Å². The minimum Gasteiger partial charge on any atom is -0.496 e. The maximum absolute atomic E-state index is 12.9. The van der Waals surface area contributed by atoms with Gasteiger partial charge >= 0.3 is 0 Å². The predicted octanol–water partition coefficient (Wildman–Crippen LogP) is 2.32. The Kier molecular flexibility index (Phi) is 6.29. The highest BCUT2D eigenvalue weighted by Crippen LogP contribution is 2.34. The van der Waals surface area contributed by atoms with Crippen molar-refractivity contribution >= 4 is 21.6 Å². The summed E-state index contributed by atoms with van der Waals surface area (Å²) in [6.45, 7) is 0.518. The first-order valence-electron chi connectivity index (χ1n) is 9.09. The first-order valence-corrected chi connectivity index (χ1v) is 10.6. The van der Waals surface area contributed by atoms with Crippen molar-refractivity contribution in [1.29, 1.82) is 0 Å². The van der Waals surface area contributed by atoms with Crippen molar-refractivity contribution in [3.63, 3.8) is 0 Å². The zero-order chi connectivity index (χ0) is 21.0. The molecule has 1 aliphatic rings. The van der Waals surface area contributed by atoms with Crippen molar-refractivity contribution in [2.45, 2.75) is 24.3 Å². The zero-order valence-electron chi connectivity index (χ0n) is 16.6. The number of hydrogen-bond acceptors (Lipinski definition) is 6. The van der Waals surface area contributed by atoms with Gasteiger partial charge in [0, 0.05) is 19.5 Å². The van der Waals surface area contributed by atoms with E-state index in [2.05, 4.69) is 4.72 Å². The Bertz CT molecular complexity index is 984. The number of ether oxygens (including phenoxy) is 3.